The lowest BCUT2D eigenvalue weighted by molar-refractivity contribution is -0.131. The van der Waals surface area contributed by atoms with Crippen molar-refractivity contribution >= 4 is 17.7 Å². The average molecular weight is 267 g/mol. The normalized spacial score (nSPS) is 26.4. The molecule has 2 unspecified atom stereocenters. The number of hydrogen-bond acceptors (Lipinski definition) is 3. The molecule has 3 amide bonds. The van der Waals surface area contributed by atoms with Crippen molar-refractivity contribution in [1.82, 2.24) is 15.5 Å². The van der Waals surface area contributed by atoms with Crippen LogP contribution in [-0.4, -0.2) is 48.8 Å². The van der Waals surface area contributed by atoms with Gasteiger partial charge in [0.2, 0.25) is 17.7 Å². The van der Waals surface area contributed by atoms with E-state index in [1.54, 1.807) is 4.90 Å². The molecule has 2 atom stereocenters. The summed E-state index contributed by atoms with van der Waals surface area (Å²) in [6, 6.07) is 0. The number of amides is 3. The minimum atomic E-state index is -0.00803. The van der Waals surface area contributed by atoms with Crippen LogP contribution in [0.4, 0.5) is 0 Å². The molecule has 1 saturated heterocycles. The SMILES string of the molecule is CC1CC1C(=O)NCCC(=O)N1CCNC(=O)CC1. The second-order valence-electron chi connectivity index (χ2n) is 5.34. The zero-order valence-electron chi connectivity index (χ0n) is 11.3. The molecule has 0 radical (unpaired) electrons. The van der Waals surface area contributed by atoms with Crippen molar-refractivity contribution < 1.29 is 14.4 Å². The highest BCUT2D eigenvalue weighted by Gasteiger charge is 2.38. The van der Waals surface area contributed by atoms with Gasteiger partial charge >= 0.3 is 0 Å². The van der Waals surface area contributed by atoms with Crippen molar-refractivity contribution in [2.45, 2.75) is 26.2 Å². The van der Waals surface area contributed by atoms with E-state index in [2.05, 4.69) is 17.6 Å². The smallest absolute Gasteiger partial charge is 0.224 e. The minimum Gasteiger partial charge on any atom is -0.355 e. The largest absolute Gasteiger partial charge is 0.355 e. The first kappa shape index (κ1) is 13.8. The number of carbonyl (C=O) groups is 3. The van der Waals surface area contributed by atoms with Gasteiger partial charge in [0.15, 0.2) is 0 Å². The predicted molar refractivity (Wildman–Crippen MR) is 69.1 cm³/mol. The quantitative estimate of drug-likeness (QED) is 0.720. The third-order valence-corrected chi connectivity index (χ3v) is 3.75. The zero-order valence-corrected chi connectivity index (χ0v) is 11.3. The highest BCUT2D eigenvalue weighted by atomic mass is 16.2. The molecular weight excluding hydrogens is 246 g/mol. The standard InChI is InChI=1S/C13H21N3O3/c1-9-8-10(9)13(19)15-4-2-12(18)16-6-3-11(17)14-5-7-16/h9-10H,2-8H2,1H3,(H,14,17)(H,15,19). The third kappa shape index (κ3) is 3.94. The minimum absolute atomic E-state index is 0.000598. The number of carbonyl (C=O) groups excluding carboxylic acids is 3. The molecular formula is C13H21N3O3. The lowest BCUT2D eigenvalue weighted by Gasteiger charge is -2.19. The van der Waals surface area contributed by atoms with Crippen LogP contribution in [0.25, 0.3) is 0 Å². The molecule has 6 nitrogen and oxygen atoms in total. The van der Waals surface area contributed by atoms with Gasteiger partial charge in [-0.25, -0.2) is 0 Å². The van der Waals surface area contributed by atoms with Crippen molar-refractivity contribution in [1.29, 1.82) is 0 Å². The van der Waals surface area contributed by atoms with E-state index >= 15 is 0 Å². The Labute approximate surface area is 112 Å². The first-order valence-corrected chi connectivity index (χ1v) is 6.90. The van der Waals surface area contributed by atoms with Gasteiger partial charge in [-0.2, -0.15) is 0 Å². The summed E-state index contributed by atoms with van der Waals surface area (Å²) in [6.45, 7) is 3.97. The Morgan fingerprint density at radius 2 is 2.16 bits per heavy atom. The van der Waals surface area contributed by atoms with Gasteiger partial charge in [0.1, 0.15) is 0 Å². The highest BCUT2D eigenvalue weighted by Crippen LogP contribution is 2.37. The van der Waals surface area contributed by atoms with E-state index in [1.807, 2.05) is 0 Å². The molecule has 0 spiro atoms. The number of hydrogen-bond donors (Lipinski definition) is 2. The van der Waals surface area contributed by atoms with E-state index in [1.165, 1.54) is 0 Å². The maximum absolute atomic E-state index is 11.9. The summed E-state index contributed by atoms with van der Waals surface area (Å²) in [5.74, 6) is 0.688. The van der Waals surface area contributed by atoms with E-state index in [0.29, 0.717) is 44.9 Å². The zero-order chi connectivity index (χ0) is 13.8. The fourth-order valence-corrected chi connectivity index (χ4v) is 2.29. The fraction of sp³-hybridized carbons (Fsp3) is 0.769. The van der Waals surface area contributed by atoms with E-state index < -0.39 is 0 Å². The molecule has 19 heavy (non-hydrogen) atoms. The van der Waals surface area contributed by atoms with Gasteiger partial charge in [-0.3, -0.25) is 14.4 Å². The summed E-state index contributed by atoms with van der Waals surface area (Å²) in [5.41, 5.74) is 0. The number of nitrogens with one attached hydrogen (secondary N) is 2. The molecule has 2 aliphatic rings. The Kier molecular flexibility index (Phi) is 4.39. The maximum atomic E-state index is 11.9. The molecule has 1 aliphatic heterocycles. The molecule has 0 aromatic carbocycles. The van der Waals surface area contributed by atoms with Crippen LogP contribution in [0.3, 0.4) is 0 Å². The van der Waals surface area contributed by atoms with Gasteiger partial charge in [0.25, 0.3) is 0 Å². The van der Waals surface area contributed by atoms with Crippen molar-refractivity contribution in [3.8, 4) is 0 Å². The van der Waals surface area contributed by atoms with Crippen LogP contribution in [0.15, 0.2) is 0 Å². The second-order valence-corrected chi connectivity index (χ2v) is 5.34. The predicted octanol–water partition coefficient (Wildman–Crippen LogP) is -0.503. The number of rotatable bonds is 4. The van der Waals surface area contributed by atoms with Crippen LogP contribution in [0, 0.1) is 11.8 Å². The molecule has 0 aromatic heterocycles. The molecule has 1 saturated carbocycles. The van der Waals surface area contributed by atoms with Gasteiger partial charge in [-0.15, -0.1) is 0 Å². The Balaban J connectivity index is 1.66. The summed E-state index contributed by atoms with van der Waals surface area (Å²) in [7, 11) is 0. The Hall–Kier alpha value is -1.59. The van der Waals surface area contributed by atoms with E-state index in [4.69, 9.17) is 0 Å². The van der Waals surface area contributed by atoms with Gasteiger partial charge in [-0.1, -0.05) is 6.92 Å². The van der Waals surface area contributed by atoms with Crippen molar-refractivity contribution in [3.05, 3.63) is 0 Å². The summed E-state index contributed by atoms with van der Waals surface area (Å²) >= 11 is 0. The van der Waals surface area contributed by atoms with Crippen molar-refractivity contribution in [2.75, 3.05) is 26.2 Å². The molecule has 1 aliphatic carbocycles. The molecule has 106 valence electrons. The summed E-state index contributed by atoms with van der Waals surface area (Å²) in [4.78, 5) is 36.4. The molecule has 2 N–H and O–H groups in total. The molecule has 1 heterocycles. The third-order valence-electron chi connectivity index (χ3n) is 3.75. The van der Waals surface area contributed by atoms with Crippen LogP contribution >= 0.6 is 0 Å². The van der Waals surface area contributed by atoms with Crippen molar-refractivity contribution in [2.24, 2.45) is 11.8 Å². The highest BCUT2D eigenvalue weighted by molar-refractivity contribution is 5.83. The van der Waals surface area contributed by atoms with Gasteiger partial charge in [0.05, 0.1) is 0 Å². The maximum Gasteiger partial charge on any atom is 0.224 e. The molecule has 0 aromatic rings. The lowest BCUT2D eigenvalue weighted by Crippen LogP contribution is -2.37. The van der Waals surface area contributed by atoms with E-state index in [9.17, 15) is 14.4 Å². The van der Waals surface area contributed by atoms with Crippen LogP contribution in [0.1, 0.15) is 26.2 Å². The molecule has 6 heteroatoms. The summed E-state index contributed by atoms with van der Waals surface area (Å²) in [6.07, 6.45) is 1.62. The van der Waals surface area contributed by atoms with E-state index in [-0.39, 0.29) is 23.6 Å². The summed E-state index contributed by atoms with van der Waals surface area (Å²) < 4.78 is 0. The Bertz CT molecular complexity index is 383. The Morgan fingerprint density at radius 3 is 2.84 bits per heavy atom. The van der Waals surface area contributed by atoms with E-state index in [0.717, 1.165) is 6.42 Å². The average Bonchev–Trinajstić information content (AvgIpc) is 3.12. The fourth-order valence-electron chi connectivity index (χ4n) is 2.29. The topological polar surface area (TPSA) is 78.5 Å². The van der Waals surface area contributed by atoms with Crippen LogP contribution in [0.2, 0.25) is 0 Å². The molecule has 2 rings (SSSR count). The first-order valence-electron chi connectivity index (χ1n) is 6.90. The molecule has 0 bridgehead atoms. The Morgan fingerprint density at radius 1 is 1.42 bits per heavy atom. The van der Waals surface area contributed by atoms with Crippen LogP contribution in [0.5, 0.6) is 0 Å². The number of nitrogens with zero attached hydrogens (tertiary/aromatic N) is 1. The van der Waals surface area contributed by atoms with Gasteiger partial charge in [-0.05, 0) is 12.3 Å². The summed E-state index contributed by atoms with van der Waals surface area (Å²) in [5, 5.41) is 5.53. The second kappa shape index (κ2) is 6.04. The van der Waals surface area contributed by atoms with Crippen molar-refractivity contribution in [3.63, 3.8) is 0 Å². The monoisotopic (exact) mass is 267 g/mol. The van der Waals surface area contributed by atoms with Crippen LogP contribution < -0.4 is 10.6 Å². The lowest BCUT2D eigenvalue weighted by atomic mass is 10.3. The molecule has 2 fully saturated rings. The van der Waals surface area contributed by atoms with Crippen LogP contribution in [-0.2, 0) is 14.4 Å². The van der Waals surface area contributed by atoms with Gasteiger partial charge in [0, 0.05) is 44.9 Å². The first-order chi connectivity index (χ1) is 9.08. The van der Waals surface area contributed by atoms with Gasteiger partial charge < -0.3 is 15.5 Å².